The van der Waals surface area contributed by atoms with E-state index in [2.05, 4.69) is 5.32 Å². The van der Waals surface area contributed by atoms with Crippen LogP contribution in [0.15, 0.2) is 24.3 Å². The Balaban J connectivity index is 2.31. The van der Waals surface area contributed by atoms with Gasteiger partial charge in [-0.2, -0.15) is 0 Å². The van der Waals surface area contributed by atoms with E-state index in [1.807, 2.05) is 31.2 Å². The molecule has 0 amide bonds. The standard InChI is InChI=1S/C12H19NO2/c1-10(8-14)6-13-7-11-2-4-12(9-15)5-3-11/h2-5,10,13-15H,6-9H2,1H3. The maximum absolute atomic E-state index is 8.87. The predicted octanol–water partition coefficient (Wildman–Crippen LogP) is 0.897. The van der Waals surface area contributed by atoms with Gasteiger partial charge in [-0.15, -0.1) is 0 Å². The molecule has 0 radical (unpaired) electrons. The molecule has 1 aromatic rings. The van der Waals surface area contributed by atoms with Gasteiger partial charge >= 0.3 is 0 Å². The Bertz CT molecular complexity index is 271. The smallest absolute Gasteiger partial charge is 0.0681 e. The Morgan fingerprint density at radius 3 is 2.27 bits per heavy atom. The summed E-state index contributed by atoms with van der Waals surface area (Å²) in [5.41, 5.74) is 2.12. The zero-order chi connectivity index (χ0) is 11.1. The highest BCUT2D eigenvalue weighted by molar-refractivity contribution is 5.21. The van der Waals surface area contributed by atoms with E-state index in [9.17, 15) is 0 Å². The first-order chi connectivity index (χ1) is 7.26. The second-order valence-corrected chi connectivity index (χ2v) is 3.89. The monoisotopic (exact) mass is 209 g/mol. The van der Waals surface area contributed by atoms with Gasteiger partial charge in [0.05, 0.1) is 6.61 Å². The molecule has 0 aliphatic rings. The molecule has 0 fully saturated rings. The van der Waals surface area contributed by atoms with E-state index in [1.54, 1.807) is 0 Å². The van der Waals surface area contributed by atoms with E-state index in [0.29, 0.717) is 5.92 Å². The highest BCUT2D eigenvalue weighted by Crippen LogP contribution is 2.04. The van der Waals surface area contributed by atoms with Crippen molar-refractivity contribution >= 4 is 0 Å². The third-order valence-electron chi connectivity index (χ3n) is 2.34. The summed E-state index contributed by atoms with van der Waals surface area (Å²) < 4.78 is 0. The minimum Gasteiger partial charge on any atom is -0.396 e. The molecule has 1 unspecified atom stereocenters. The van der Waals surface area contributed by atoms with Crippen molar-refractivity contribution < 1.29 is 10.2 Å². The number of rotatable bonds is 6. The minimum atomic E-state index is 0.0925. The Hall–Kier alpha value is -0.900. The fraction of sp³-hybridized carbons (Fsp3) is 0.500. The Morgan fingerprint density at radius 2 is 1.73 bits per heavy atom. The van der Waals surface area contributed by atoms with E-state index in [-0.39, 0.29) is 13.2 Å². The van der Waals surface area contributed by atoms with Crippen LogP contribution >= 0.6 is 0 Å². The molecule has 0 saturated carbocycles. The summed E-state index contributed by atoms with van der Waals surface area (Å²) in [5, 5.41) is 21.0. The maximum atomic E-state index is 8.87. The zero-order valence-electron chi connectivity index (χ0n) is 9.11. The van der Waals surface area contributed by atoms with Crippen LogP contribution in [0.5, 0.6) is 0 Å². The summed E-state index contributed by atoms with van der Waals surface area (Å²) in [6.45, 7) is 3.93. The van der Waals surface area contributed by atoms with Gasteiger partial charge < -0.3 is 15.5 Å². The first-order valence-corrected chi connectivity index (χ1v) is 5.26. The first kappa shape index (κ1) is 12.2. The third kappa shape index (κ3) is 4.42. The van der Waals surface area contributed by atoms with E-state index in [1.165, 1.54) is 5.56 Å². The Morgan fingerprint density at radius 1 is 1.13 bits per heavy atom. The van der Waals surface area contributed by atoms with Gasteiger partial charge in [-0.25, -0.2) is 0 Å². The van der Waals surface area contributed by atoms with Gasteiger partial charge in [0.15, 0.2) is 0 Å². The number of hydrogen-bond donors (Lipinski definition) is 3. The summed E-state index contributed by atoms with van der Waals surface area (Å²) >= 11 is 0. The minimum absolute atomic E-state index is 0.0925. The Labute approximate surface area is 90.8 Å². The molecule has 1 atom stereocenters. The predicted molar refractivity (Wildman–Crippen MR) is 60.3 cm³/mol. The van der Waals surface area contributed by atoms with Crippen LogP contribution in [-0.4, -0.2) is 23.4 Å². The molecule has 0 saturated heterocycles. The third-order valence-corrected chi connectivity index (χ3v) is 2.34. The van der Waals surface area contributed by atoms with Crippen LogP contribution in [0.1, 0.15) is 18.1 Å². The topological polar surface area (TPSA) is 52.5 Å². The van der Waals surface area contributed by atoms with Crippen LogP contribution < -0.4 is 5.32 Å². The molecule has 1 aromatic carbocycles. The molecule has 3 heteroatoms. The van der Waals surface area contributed by atoms with Gasteiger partial charge in [-0.3, -0.25) is 0 Å². The lowest BCUT2D eigenvalue weighted by atomic mass is 10.1. The normalized spacial score (nSPS) is 12.7. The van der Waals surface area contributed by atoms with Gasteiger partial charge in [-0.05, 0) is 17.0 Å². The molecule has 15 heavy (non-hydrogen) atoms. The van der Waals surface area contributed by atoms with Crippen molar-refractivity contribution in [3.8, 4) is 0 Å². The van der Waals surface area contributed by atoms with Gasteiger partial charge in [0, 0.05) is 19.7 Å². The van der Waals surface area contributed by atoms with E-state index < -0.39 is 0 Å². The fourth-order valence-electron chi connectivity index (χ4n) is 1.29. The summed E-state index contributed by atoms with van der Waals surface area (Å²) in [4.78, 5) is 0. The molecule has 0 heterocycles. The molecule has 0 aromatic heterocycles. The van der Waals surface area contributed by atoms with Crippen LogP contribution in [0.2, 0.25) is 0 Å². The second-order valence-electron chi connectivity index (χ2n) is 3.89. The van der Waals surface area contributed by atoms with Crippen molar-refractivity contribution in [2.45, 2.75) is 20.1 Å². The SMILES string of the molecule is CC(CO)CNCc1ccc(CO)cc1. The van der Waals surface area contributed by atoms with Crippen LogP contribution in [0.3, 0.4) is 0 Å². The molecule has 0 aliphatic carbocycles. The lowest BCUT2D eigenvalue weighted by Gasteiger charge is -2.09. The van der Waals surface area contributed by atoms with Crippen molar-refractivity contribution in [3.63, 3.8) is 0 Å². The molecular formula is C12H19NO2. The van der Waals surface area contributed by atoms with Gasteiger partial charge in [0.25, 0.3) is 0 Å². The summed E-state index contributed by atoms with van der Waals surface area (Å²) in [5.74, 6) is 0.293. The van der Waals surface area contributed by atoms with E-state index >= 15 is 0 Å². The van der Waals surface area contributed by atoms with Crippen molar-refractivity contribution in [2.24, 2.45) is 5.92 Å². The molecule has 0 spiro atoms. The quantitative estimate of drug-likeness (QED) is 0.652. The molecule has 3 N–H and O–H groups in total. The number of hydrogen-bond acceptors (Lipinski definition) is 3. The number of aliphatic hydroxyl groups is 2. The summed E-state index contributed by atoms with van der Waals surface area (Å²) in [6.07, 6.45) is 0. The van der Waals surface area contributed by atoms with Crippen LogP contribution in [0.4, 0.5) is 0 Å². The van der Waals surface area contributed by atoms with Crippen molar-refractivity contribution in [3.05, 3.63) is 35.4 Å². The highest BCUT2D eigenvalue weighted by atomic mass is 16.3. The Kier molecular flexibility index (Phi) is 5.32. The van der Waals surface area contributed by atoms with Crippen molar-refractivity contribution in [2.75, 3.05) is 13.2 Å². The van der Waals surface area contributed by atoms with Crippen molar-refractivity contribution in [1.29, 1.82) is 0 Å². The average Bonchev–Trinajstić information content (AvgIpc) is 2.29. The highest BCUT2D eigenvalue weighted by Gasteiger charge is 1.99. The molecule has 1 rings (SSSR count). The molecule has 0 bridgehead atoms. The maximum Gasteiger partial charge on any atom is 0.0681 e. The molecule has 0 aliphatic heterocycles. The first-order valence-electron chi connectivity index (χ1n) is 5.26. The number of nitrogens with one attached hydrogen (secondary N) is 1. The lowest BCUT2D eigenvalue weighted by molar-refractivity contribution is 0.233. The summed E-state index contributed by atoms with van der Waals surface area (Å²) in [6, 6.07) is 7.85. The van der Waals surface area contributed by atoms with Gasteiger partial charge in [0.2, 0.25) is 0 Å². The van der Waals surface area contributed by atoms with Crippen LogP contribution in [0.25, 0.3) is 0 Å². The number of benzene rings is 1. The van der Waals surface area contributed by atoms with Crippen LogP contribution in [0, 0.1) is 5.92 Å². The lowest BCUT2D eigenvalue weighted by Crippen LogP contribution is -2.22. The van der Waals surface area contributed by atoms with E-state index in [0.717, 1.165) is 18.7 Å². The zero-order valence-corrected chi connectivity index (χ0v) is 9.11. The fourth-order valence-corrected chi connectivity index (χ4v) is 1.29. The summed E-state index contributed by atoms with van der Waals surface area (Å²) in [7, 11) is 0. The molecular weight excluding hydrogens is 190 g/mol. The number of aliphatic hydroxyl groups excluding tert-OH is 2. The molecule has 84 valence electrons. The van der Waals surface area contributed by atoms with Crippen LogP contribution in [-0.2, 0) is 13.2 Å². The second kappa shape index (κ2) is 6.56. The average molecular weight is 209 g/mol. The van der Waals surface area contributed by atoms with E-state index in [4.69, 9.17) is 10.2 Å². The van der Waals surface area contributed by atoms with Crippen molar-refractivity contribution in [1.82, 2.24) is 5.32 Å². The van der Waals surface area contributed by atoms with Gasteiger partial charge in [-0.1, -0.05) is 31.2 Å². The molecule has 3 nitrogen and oxygen atoms in total. The largest absolute Gasteiger partial charge is 0.396 e. The van der Waals surface area contributed by atoms with Gasteiger partial charge in [0.1, 0.15) is 0 Å².